The lowest BCUT2D eigenvalue weighted by Crippen LogP contribution is -2.36. The Morgan fingerprint density at radius 1 is 0.828 bits per heavy atom. The summed E-state index contributed by atoms with van der Waals surface area (Å²) in [5.41, 5.74) is 6.79. The molecule has 0 saturated carbocycles. The summed E-state index contributed by atoms with van der Waals surface area (Å²) >= 11 is 0. The lowest BCUT2D eigenvalue weighted by molar-refractivity contribution is 0.391. The number of fused-ring (bicyclic) bond motifs is 1. The fourth-order valence-corrected chi connectivity index (χ4v) is 6.09. The zero-order valence-corrected chi connectivity index (χ0v) is 17.7. The lowest BCUT2D eigenvalue weighted by atomic mass is 9.95. The van der Waals surface area contributed by atoms with Crippen molar-refractivity contribution in [1.82, 2.24) is 4.31 Å². The van der Waals surface area contributed by atoms with Crippen LogP contribution in [0.5, 0.6) is 0 Å². The molecule has 1 heterocycles. The maximum atomic E-state index is 13.4. The van der Waals surface area contributed by atoms with Crippen molar-refractivity contribution in [2.24, 2.45) is 0 Å². The number of halogens is 1. The van der Waals surface area contributed by atoms with Crippen molar-refractivity contribution in [2.75, 3.05) is 6.54 Å². The quantitative estimate of drug-likeness (QED) is 0.599. The van der Waals surface area contributed by atoms with Crippen LogP contribution in [0.3, 0.4) is 0 Å². The fraction of sp³-hybridized carbons (Fsp3) is 0.250. The number of rotatable bonds is 3. The minimum atomic E-state index is -3.56. The largest absolute Gasteiger partial charge is 0.243 e. The Bertz CT molecular complexity index is 1160. The minimum absolute atomic E-state index is 0.255. The van der Waals surface area contributed by atoms with Gasteiger partial charge in [-0.15, -0.1) is 0 Å². The molecule has 1 aliphatic heterocycles. The second kappa shape index (κ2) is 7.39. The van der Waals surface area contributed by atoms with E-state index in [-0.39, 0.29) is 5.82 Å². The molecule has 3 aromatic carbocycles. The predicted molar refractivity (Wildman–Crippen MR) is 114 cm³/mol. The maximum Gasteiger partial charge on any atom is 0.243 e. The van der Waals surface area contributed by atoms with Crippen LogP contribution in [0.15, 0.2) is 59.5 Å². The molecule has 0 atom stereocenters. The minimum Gasteiger partial charge on any atom is -0.207 e. The lowest BCUT2D eigenvalue weighted by Gasteiger charge is -2.29. The van der Waals surface area contributed by atoms with Crippen LogP contribution in [-0.4, -0.2) is 19.3 Å². The molecule has 3 aromatic rings. The number of benzene rings is 3. The smallest absolute Gasteiger partial charge is 0.207 e. The number of nitrogens with zero attached hydrogens (tertiary/aromatic N) is 1. The summed E-state index contributed by atoms with van der Waals surface area (Å²) < 4.78 is 41.5. The number of hydrogen-bond acceptors (Lipinski definition) is 2. The van der Waals surface area contributed by atoms with Crippen molar-refractivity contribution >= 4 is 10.0 Å². The molecule has 29 heavy (non-hydrogen) atoms. The van der Waals surface area contributed by atoms with E-state index in [0.717, 1.165) is 38.9 Å². The molecule has 0 amide bonds. The van der Waals surface area contributed by atoms with E-state index in [9.17, 15) is 12.8 Å². The summed E-state index contributed by atoms with van der Waals surface area (Å²) in [7, 11) is -3.56. The normalized spacial score (nSPS) is 14.6. The van der Waals surface area contributed by atoms with E-state index in [1.54, 1.807) is 16.4 Å². The Kier molecular flexibility index (Phi) is 5.05. The van der Waals surface area contributed by atoms with Crippen LogP contribution in [-0.2, 0) is 23.0 Å². The van der Waals surface area contributed by atoms with Gasteiger partial charge in [0.25, 0.3) is 0 Å². The Morgan fingerprint density at radius 2 is 1.45 bits per heavy atom. The van der Waals surface area contributed by atoms with Gasteiger partial charge in [-0.3, -0.25) is 0 Å². The van der Waals surface area contributed by atoms with Gasteiger partial charge in [0.05, 0.1) is 4.90 Å². The summed E-state index contributed by atoms with van der Waals surface area (Å²) in [5, 5.41) is 0. The first-order valence-electron chi connectivity index (χ1n) is 9.71. The van der Waals surface area contributed by atoms with Crippen molar-refractivity contribution in [3.05, 3.63) is 88.2 Å². The Morgan fingerprint density at radius 3 is 2.10 bits per heavy atom. The van der Waals surface area contributed by atoms with Gasteiger partial charge in [-0.1, -0.05) is 48.0 Å². The average molecular weight is 410 g/mol. The second-order valence-corrected chi connectivity index (χ2v) is 9.68. The fourth-order valence-electron chi connectivity index (χ4n) is 4.26. The molecule has 0 unspecified atom stereocenters. The van der Waals surface area contributed by atoms with Crippen LogP contribution in [0.1, 0.15) is 27.8 Å². The van der Waals surface area contributed by atoms with E-state index in [1.807, 2.05) is 45.0 Å². The predicted octanol–water partition coefficient (Wildman–Crippen LogP) is 5.16. The van der Waals surface area contributed by atoms with Gasteiger partial charge in [0.2, 0.25) is 10.0 Å². The van der Waals surface area contributed by atoms with Gasteiger partial charge in [0, 0.05) is 13.1 Å². The molecule has 0 radical (unpaired) electrons. The topological polar surface area (TPSA) is 37.4 Å². The summed E-state index contributed by atoms with van der Waals surface area (Å²) in [5.74, 6) is -0.255. The Labute approximate surface area is 171 Å². The third kappa shape index (κ3) is 3.72. The first-order valence-corrected chi connectivity index (χ1v) is 11.2. The summed E-state index contributed by atoms with van der Waals surface area (Å²) in [6.07, 6.45) is 0.660. The van der Waals surface area contributed by atoms with Crippen molar-refractivity contribution < 1.29 is 12.8 Å². The van der Waals surface area contributed by atoms with Crippen LogP contribution in [0.4, 0.5) is 4.39 Å². The molecular weight excluding hydrogens is 385 g/mol. The summed E-state index contributed by atoms with van der Waals surface area (Å²) in [4.78, 5) is 0.425. The number of hydrogen-bond donors (Lipinski definition) is 0. The highest BCUT2D eigenvalue weighted by Gasteiger charge is 2.30. The maximum absolute atomic E-state index is 13.4. The molecule has 0 spiro atoms. The third-order valence-corrected chi connectivity index (χ3v) is 7.71. The summed E-state index contributed by atoms with van der Waals surface area (Å²) in [6, 6.07) is 16.3. The third-order valence-electron chi connectivity index (χ3n) is 5.56. The van der Waals surface area contributed by atoms with Crippen LogP contribution in [0.25, 0.3) is 11.1 Å². The first kappa shape index (κ1) is 19.8. The molecule has 0 aliphatic carbocycles. The van der Waals surface area contributed by atoms with Crippen LogP contribution in [0.2, 0.25) is 0 Å². The van der Waals surface area contributed by atoms with Gasteiger partial charge in [0.15, 0.2) is 0 Å². The first-order chi connectivity index (χ1) is 13.8. The number of sulfonamides is 1. The van der Waals surface area contributed by atoms with E-state index in [2.05, 4.69) is 6.07 Å². The van der Waals surface area contributed by atoms with Crippen molar-refractivity contribution in [1.29, 1.82) is 0 Å². The molecule has 0 fully saturated rings. The molecule has 1 aliphatic rings. The SMILES string of the molecule is Cc1cc(C)c(S(=O)(=O)N2CCc3cc(-c4ccc(F)cc4)ccc3C2)c(C)c1. The Hall–Kier alpha value is -2.50. The molecule has 5 heteroatoms. The van der Waals surface area contributed by atoms with E-state index in [0.29, 0.717) is 24.4 Å². The molecule has 4 rings (SSSR count). The summed E-state index contributed by atoms with van der Waals surface area (Å²) in [6.45, 7) is 6.52. The monoisotopic (exact) mass is 409 g/mol. The average Bonchev–Trinajstić information content (AvgIpc) is 2.66. The van der Waals surface area contributed by atoms with Crippen LogP contribution >= 0.6 is 0 Å². The van der Waals surface area contributed by atoms with Crippen LogP contribution < -0.4 is 0 Å². The van der Waals surface area contributed by atoms with Gasteiger partial charge in [-0.05, 0) is 72.7 Å². The Balaban J connectivity index is 1.65. The van der Waals surface area contributed by atoms with Crippen molar-refractivity contribution in [3.63, 3.8) is 0 Å². The standard InChI is InChI=1S/C24H24FNO2S/c1-16-12-17(2)24(18(3)13-16)29(27,28)26-11-10-21-14-20(4-5-22(21)15-26)19-6-8-23(25)9-7-19/h4-9,12-14H,10-11,15H2,1-3H3. The van der Waals surface area contributed by atoms with Gasteiger partial charge in [-0.2, -0.15) is 4.31 Å². The molecule has 0 bridgehead atoms. The molecule has 150 valence electrons. The second-order valence-electron chi connectivity index (χ2n) is 7.81. The van der Waals surface area contributed by atoms with Gasteiger partial charge >= 0.3 is 0 Å². The molecular formula is C24H24FNO2S. The number of aryl methyl sites for hydroxylation is 3. The molecule has 0 N–H and O–H groups in total. The zero-order valence-electron chi connectivity index (χ0n) is 16.9. The van der Waals surface area contributed by atoms with Crippen molar-refractivity contribution in [3.8, 4) is 11.1 Å². The van der Waals surface area contributed by atoms with Gasteiger partial charge < -0.3 is 0 Å². The van der Waals surface area contributed by atoms with E-state index in [4.69, 9.17) is 0 Å². The molecule has 0 saturated heterocycles. The van der Waals surface area contributed by atoms with Gasteiger partial charge in [-0.25, -0.2) is 12.8 Å². The van der Waals surface area contributed by atoms with Crippen LogP contribution in [0, 0.1) is 26.6 Å². The van der Waals surface area contributed by atoms with Gasteiger partial charge in [0.1, 0.15) is 5.82 Å². The highest BCUT2D eigenvalue weighted by molar-refractivity contribution is 7.89. The molecule has 3 nitrogen and oxygen atoms in total. The molecule has 0 aromatic heterocycles. The van der Waals surface area contributed by atoms with E-state index < -0.39 is 10.0 Å². The highest BCUT2D eigenvalue weighted by atomic mass is 32.2. The zero-order chi connectivity index (χ0) is 20.8. The van der Waals surface area contributed by atoms with E-state index >= 15 is 0 Å². The van der Waals surface area contributed by atoms with E-state index in [1.165, 1.54) is 12.1 Å². The highest BCUT2D eigenvalue weighted by Crippen LogP contribution is 2.31. The van der Waals surface area contributed by atoms with Crippen molar-refractivity contribution in [2.45, 2.75) is 38.6 Å².